The molecule has 3 N–H and O–H groups in total. The van der Waals surface area contributed by atoms with Crippen LogP contribution >= 0.6 is 0 Å². The quantitative estimate of drug-likeness (QED) is 0.280. The molecule has 3 aromatic rings. The van der Waals surface area contributed by atoms with Crippen LogP contribution in [0.4, 0.5) is 0 Å². The molecule has 0 unspecified atom stereocenters. The van der Waals surface area contributed by atoms with Gasteiger partial charge in [0, 0.05) is 26.2 Å². The Morgan fingerprint density at radius 3 is 0.938 bits per heavy atom. The molecule has 0 aromatic heterocycles. The first kappa shape index (κ1) is 29.4. The third-order valence-electron chi connectivity index (χ3n) is 4.83. The number of hydrogen-bond acceptors (Lipinski definition) is 3. The SMILES string of the molecule is CC1=[C-]C(C)(C)C(C)=C1C.Oc1ccccc1.Oc1ccccc1.Oc1ccccc1.[Zr]. The van der Waals surface area contributed by atoms with E-state index in [2.05, 4.69) is 40.7 Å². The van der Waals surface area contributed by atoms with Crippen molar-refractivity contribution in [3.8, 4) is 17.2 Å². The van der Waals surface area contributed by atoms with Crippen LogP contribution in [0.1, 0.15) is 34.6 Å². The van der Waals surface area contributed by atoms with Crippen LogP contribution < -0.4 is 0 Å². The molecule has 0 aliphatic heterocycles. The van der Waals surface area contributed by atoms with Crippen LogP contribution in [0.25, 0.3) is 0 Å². The minimum Gasteiger partial charge on any atom is -0.508 e. The fourth-order valence-electron chi connectivity index (χ4n) is 2.69. The van der Waals surface area contributed by atoms with Crippen molar-refractivity contribution in [3.05, 3.63) is 114 Å². The molecule has 1 aliphatic carbocycles. The van der Waals surface area contributed by atoms with E-state index in [-0.39, 0.29) is 31.6 Å². The zero-order chi connectivity index (χ0) is 23.3. The van der Waals surface area contributed by atoms with Gasteiger partial charge < -0.3 is 15.3 Å². The number of phenols is 3. The van der Waals surface area contributed by atoms with Crippen LogP contribution in [-0.2, 0) is 26.2 Å². The van der Waals surface area contributed by atoms with Gasteiger partial charge in [0.1, 0.15) is 17.2 Å². The molecule has 0 atom stereocenters. The summed E-state index contributed by atoms with van der Waals surface area (Å²) in [4.78, 5) is 0. The molecule has 0 saturated carbocycles. The van der Waals surface area contributed by atoms with E-state index >= 15 is 0 Å². The predicted octanol–water partition coefficient (Wildman–Crippen LogP) is 7.29. The van der Waals surface area contributed by atoms with E-state index in [1.54, 1.807) is 72.8 Å². The largest absolute Gasteiger partial charge is 0.508 e. The number of allylic oxidation sites excluding steroid dienone is 4. The molecule has 0 bridgehead atoms. The standard InChI is InChI=1S/C10H15.3C6H6O.Zr/c1-7-6-10(4,5)9(3)8(7)2;3*7-6-4-2-1-3-5-6;/h1-5H3;3*1-5,7H;/q-1;;;;. The molecule has 4 rings (SSSR count). The van der Waals surface area contributed by atoms with E-state index in [0.29, 0.717) is 17.2 Å². The minimum atomic E-state index is 0. The van der Waals surface area contributed by atoms with Gasteiger partial charge in [0.2, 0.25) is 0 Å². The number of benzene rings is 3. The smallest absolute Gasteiger partial charge is 0.115 e. The first-order valence-electron chi connectivity index (χ1n) is 10.2. The molecule has 4 heteroatoms. The average Bonchev–Trinajstić information content (AvgIpc) is 2.92. The van der Waals surface area contributed by atoms with Gasteiger partial charge in [0.25, 0.3) is 0 Å². The average molecular weight is 509 g/mol. The number of rotatable bonds is 0. The van der Waals surface area contributed by atoms with Crippen LogP contribution in [0.2, 0.25) is 0 Å². The van der Waals surface area contributed by atoms with Gasteiger partial charge in [-0.2, -0.15) is 11.1 Å². The Kier molecular flexibility index (Phi) is 14.0. The van der Waals surface area contributed by atoms with Crippen molar-refractivity contribution in [3.63, 3.8) is 0 Å². The Balaban J connectivity index is 0.000000401. The summed E-state index contributed by atoms with van der Waals surface area (Å²) < 4.78 is 0. The number of hydrogen-bond donors (Lipinski definition) is 3. The first-order valence-corrected chi connectivity index (χ1v) is 10.2. The van der Waals surface area contributed by atoms with Crippen LogP contribution in [0.5, 0.6) is 17.2 Å². The van der Waals surface area contributed by atoms with Gasteiger partial charge in [0.15, 0.2) is 0 Å². The van der Waals surface area contributed by atoms with E-state index in [9.17, 15) is 0 Å². The molecule has 32 heavy (non-hydrogen) atoms. The van der Waals surface area contributed by atoms with Crippen molar-refractivity contribution in [2.75, 3.05) is 0 Å². The van der Waals surface area contributed by atoms with E-state index in [0.717, 1.165) is 0 Å². The van der Waals surface area contributed by atoms with Gasteiger partial charge in [-0.1, -0.05) is 87.7 Å². The summed E-state index contributed by atoms with van der Waals surface area (Å²) in [6.45, 7) is 10.9. The first-order chi connectivity index (χ1) is 14.6. The maximum atomic E-state index is 8.63. The molecule has 0 fully saturated rings. The summed E-state index contributed by atoms with van der Waals surface area (Å²) in [6, 6.07) is 26.1. The molecule has 1 aliphatic rings. The third kappa shape index (κ3) is 11.7. The van der Waals surface area contributed by atoms with Gasteiger partial charge in [-0.25, -0.2) is 5.57 Å². The van der Waals surface area contributed by atoms with Crippen molar-refractivity contribution in [2.24, 2.45) is 5.41 Å². The van der Waals surface area contributed by atoms with Gasteiger partial charge in [-0.15, -0.1) is 6.92 Å². The van der Waals surface area contributed by atoms with E-state index < -0.39 is 0 Å². The zero-order valence-electron chi connectivity index (χ0n) is 19.5. The van der Waals surface area contributed by atoms with Crippen LogP contribution in [-0.4, -0.2) is 15.3 Å². The normalized spacial score (nSPS) is 13.0. The summed E-state index contributed by atoms with van der Waals surface area (Å²) >= 11 is 0. The maximum absolute atomic E-state index is 8.63. The Labute approximate surface area is 211 Å². The summed E-state index contributed by atoms with van der Waals surface area (Å²) in [6.07, 6.45) is 3.44. The number of aromatic hydroxyl groups is 3. The molecule has 0 saturated heterocycles. The number of para-hydroxylation sites is 3. The molecule has 0 amide bonds. The number of phenolic OH excluding ortho intramolecular Hbond substituents is 3. The van der Waals surface area contributed by atoms with E-state index in [1.807, 2.05) is 18.2 Å². The van der Waals surface area contributed by atoms with Crippen molar-refractivity contribution >= 4 is 0 Å². The van der Waals surface area contributed by atoms with Gasteiger partial charge in [0.05, 0.1) is 0 Å². The summed E-state index contributed by atoms with van der Waals surface area (Å²) in [5.74, 6) is 0.965. The van der Waals surface area contributed by atoms with Crippen LogP contribution in [0, 0.1) is 11.5 Å². The van der Waals surface area contributed by atoms with Gasteiger partial charge in [-0.3, -0.25) is 6.08 Å². The van der Waals surface area contributed by atoms with Crippen molar-refractivity contribution in [1.82, 2.24) is 0 Å². The van der Waals surface area contributed by atoms with Crippen LogP contribution in [0.15, 0.2) is 108 Å². The Morgan fingerprint density at radius 2 is 0.844 bits per heavy atom. The van der Waals surface area contributed by atoms with Crippen LogP contribution in [0.3, 0.4) is 0 Å². The topological polar surface area (TPSA) is 60.7 Å². The molecule has 168 valence electrons. The van der Waals surface area contributed by atoms with E-state index in [4.69, 9.17) is 15.3 Å². The second-order valence-corrected chi connectivity index (χ2v) is 7.63. The van der Waals surface area contributed by atoms with Crippen molar-refractivity contribution in [1.29, 1.82) is 0 Å². The molecular formula is C28H33O3Zr-. The predicted molar refractivity (Wildman–Crippen MR) is 129 cm³/mol. The molecule has 0 spiro atoms. The van der Waals surface area contributed by atoms with Crippen molar-refractivity contribution < 1.29 is 41.5 Å². The molecule has 0 radical (unpaired) electrons. The fraction of sp³-hybridized carbons (Fsp3) is 0.214. The Hall–Kier alpha value is -2.58. The third-order valence-corrected chi connectivity index (χ3v) is 4.83. The molecule has 0 heterocycles. The van der Waals surface area contributed by atoms with Crippen molar-refractivity contribution in [2.45, 2.75) is 34.6 Å². The molecule has 3 nitrogen and oxygen atoms in total. The summed E-state index contributed by atoms with van der Waals surface area (Å²) in [5.41, 5.74) is 4.39. The summed E-state index contributed by atoms with van der Waals surface area (Å²) in [7, 11) is 0. The fourth-order valence-corrected chi connectivity index (χ4v) is 2.69. The van der Waals surface area contributed by atoms with Gasteiger partial charge in [-0.05, 0) is 36.4 Å². The Morgan fingerprint density at radius 1 is 0.562 bits per heavy atom. The monoisotopic (exact) mass is 507 g/mol. The Bertz CT molecular complexity index is 859. The summed E-state index contributed by atoms with van der Waals surface area (Å²) in [5, 5.41) is 25.9. The molecule has 3 aromatic carbocycles. The van der Waals surface area contributed by atoms with Gasteiger partial charge >= 0.3 is 0 Å². The van der Waals surface area contributed by atoms with E-state index in [1.165, 1.54) is 16.7 Å². The maximum Gasteiger partial charge on any atom is 0.115 e. The minimum absolute atomic E-state index is 0. The zero-order valence-corrected chi connectivity index (χ0v) is 22.0. The second-order valence-electron chi connectivity index (χ2n) is 7.63. The molecular weight excluding hydrogens is 476 g/mol. The second kappa shape index (κ2) is 15.3.